The fraction of sp³-hybridized carbons (Fsp3) is 0.481. The Balaban J connectivity index is 0.00000108. The van der Waals surface area contributed by atoms with Crippen LogP contribution in [0.4, 0.5) is 8.78 Å². The Kier molecular flexibility index (Phi) is 9.20. The zero-order chi connectivity index (χ0) is 25.4. The number of rotatable bonds is 6. The second-order valence-corrected chi connectivity index (χ2v) is 9.76. The quantitative estimate of drug-likeness (QED) is 0.575. The Bertz CT molecular complexity index is 1010. The molecule has 0 saturated carbocycles. The molecule has 8 heteroatoms. The van der Waals surface area contributed by atoms with Gasteiger partial charge >= 0.3 is 0 Å². The van der Waals surface area contributed by atoms with Crippen LogP contribution in [0.25, 0.3) is 0 Å². The summed E-state index contributed by atoms with van der Waals surface area (Å²) in [5.74, 6) is -0.0947. The molecule has 0 bridgehead atoms. The van der Waals surface area contributed by atoms with Crippen molar-refractivity contribution >= 4 is 12.4 Å². The maximum atomic E-state index is 13.6. The molecule has 1 amide bonds. The van der Waals surface area contributed by atoms with Gasteiger partial charge in [-0.15, -0.1) is 0 Å². The lowest BCUT2D eigenvalue weighted by Crippen LogP contribution is -2.50. The van der Waals surface area contributed by atoms with Gasteiger partial charge in [0, 0.05) is 38.5 Å². The minimum atomic E-state index is -0.816. The summed E-state index contributed by atoms with van der Waals surface area (Å²) in [7, 11) is 0. The number of piperidine rings is 1. The minimum Gasteiger partial charge on any atom is -0.487 e. The maximum Gasteiger partial charge on any atom is 0.290 e. The van der Waals surface area contributed by atoms with E-state index in [2.05, 4.69) is 30.1 Å². The number of ether oxygens (including phenoxy) is 1. The van der Waals surface area contributed by atoms with Crippen LogP contribution < -0.4 is 10.1 Å². The molecule has 1 spiro atoms. The first-order valence-electron chi connectivity index (χ1n) is 12.0. The molecule has 6 nitrogen and oxygen atoms in total. The van der Waals surface area contributed by atoms with Crippen LogP contribution in [0.2, 0.25) is 0 Å². The second-order valence-electron chi connectivity index (χ2n) is 9.76. The number of para-hydroxylation sites is 1. The van der Waals surface area contributed by atoms with Crippen molar-refractivity contribution in [3.8, 4) is 5.75 Å². The normalized spacial score (nSPS) is 18.7. The molecule has 1 unspecified atom stereocenters. The third-order valence-electron chi connectivity index (χ3n) is 6.60. The fourth-order valence-corrected chi connectivity index (χ4v) is 4.86. The highest BCUT2D eigenvalue weighted by molar-refractivity contribution is 5.77. The van der Waals surface area contributed by atoms with Gasteiger partial charge in [-0.3, -0.25) is 14.5 Å². The lowest BCUT2D eigenvalue weighted by atomic mass is 9.76. The maximum absolute atomic E-state index is 13.6. The van der Waals surface area contributed by atoms with Crippen molar-refractivity contribution in [2.45, 2.75) is 57.6 Å². The average Bonchev–Trinajstić information content (AvgIpc) is 2.82. The van der Waals surface area contributed by atoms with Crippen LogP contribution in [0.15, 0.2) is 42.5 Å². The first-order chi connectivity index (χ1) is 16.7. The van der Waals surface area contributed by atoms with Gasteiger partial charge in [0.15, 0.2) is 11.6 Å². The van der Waals surface area contributed by atoms with E-state index in [1.54, 1.807) is 6.07 Å². The van der Waals surface area contributed by atoms with Crippen LogP contribution in [-0.2, 0) is 16.1 Å². The Morgan fingerprint density at radius 1 is 1.20 bits per heavy atom. The molecule has 2 aromatic rings. The van der Waals surface area contributed by atoms with E-state index in [-0.39, 0.29) is 23.9 Å². The van der Waals surface area contributed by atoms with Crippen LogP contribution in [0.3, 0.4) is 0 Å². The van der Waals surface area contributed by atoms with Gasteiger partial charge in [-0.05, 0) is 54.5 Å². The van der Waals surface area contributed by atoms with Crippen LogP contribution in [0, 0.1) is 17.6 Å². The molecule has 190 valence electrons. The van der Waals surface area contributed by atoms with Gasteiger partial charge in [0.05, 0.1) is 0 Å². The summed E-state index contributed by atoms with van der Waals surface area (Å²) in [5.41, 5.74) is 1.60. The Labute approximate surface area is 205 Å². The summed E-state index contributed by atoms with van der Waals surface area (Å²) < 4.78 is 33.3. The molecule has 2 N–H and O–H groups in total. The van der Waals surface area contributed by atoms with E-state index in [9.17, 15) is 13.6 Å². The van der Waals surface area contributed by atoms with Crippen LogP contribution in [0.5, 0.6) is 5.75 Å². The van der Waals surface area contributed by atoms with Crippen molar-refractivity contribution in [2.24, 2.45) is 5.92 Å². The molecular formula is C27H34F2N2O4. The Morgan fingerprint density at radius 3 is 2.54 bits per heavy atom. The molecule has 4 rings (SSSR count). The van der Waals surface area contributed by atoms with E-state index < -0.39 is 11.6 Å². The molecule has 35 heavy (non-hydrogen) atoms. The fourth-order valence-electron chi connectivity index (χ4n) is 4.86. The molecule has 0 aliphatic carbocycles. The van der Waals surface area contributed by atoms with Crippen LogP contribution in [0.1, 0.15) is 56.6 Å². The number of fused-ring (bicyclic) bond motifs is 1. The third kappa shape index (κ3) is 7.24. The van der Waals surface area contributed by atoms with Gasteiger partial charge in [-0.1, -0.05) is 38.1 Å². The zero-order valence-corrected chi connectivity index (χ0v) is 20.3. The lowest BCUT2D eigenvalue weighted by molar-refractivity contribution is -0.123. The number of amides is 1. The van der Waals surface area contributed by atoms with Crippen molar-refractivity contribution < 1.29 is 28.2 Å². The number of hydrogen-bond acceptors (Lipinski definition) is 4. The van der Waals surface area contributed by atoms with Gasteiger partial charge in [0.25, 0.3) is 6.47 Å². The minimum absolute atomic E-state index is 0.0892. The topological polar surface area (TPSA) is 78.9 Å². The van der Waals surface area contributed by atoms with Crippen molar-refractivity contribution in [3.63, 3.8) is 0 Å². The van der Waals surface area contributed by atoms with Gasteiger partial charge in [0.2, 0.25) is 5.91 Å². The average molecular weight is 489 g/mol. The molecule has 1 saturated heterocycles. The molecular weight excluding hydrogens is 454 g/mol. The zero-order valence-electron chi connectivity index (χ0n) is 20.3. The summed E-state index contributed by atoms with van der Waals surface area (Å²) in [5, 5.41) is 9.94. The Morgan fingerprint density at radius 2 is 1.89 bits per heavy atom. The first kappa shape index (κ1) is 26.6. The summed E-state index contributed by atoms with van der Waals surface area (Å²) in [4.78, 5) is 23.2. The second kappa shape index (κ2) is 12.1. The van der Waals surface area contributed by atoms with E-state index in [1.807, 2.05) is 18.2 Å². The highest BCUT2D eigenvalue weighted by Gasteiger charge is 2.43. The first-order valence-corrected chi connectivity index (χ1v) is 12.0. The largest absolute Gasteiger partial charge is 0.487 e. The molecule has 2 aliphatic rings. The van der Waals surface area contributed by atoms with E-state index in [0.717, 1.165) is 49.2 Å². The van der Waals surface area contributed by atoms with Crippen molar-refractivity contribution in [1.82, 2.24) is 10.2 Å². The van der Waals surface area contributed by atoms with Gasteiger partial charge in [-0.25, -0.2) is 8.78 Å². The van der Waals surface area contributed by atoms with Crippen molar-refractivity contribution in [3.05, 3.63) is 65.2 Å². The van der Waals surface area contributed by atoms with Gasteiger partial charge < -0.3 is 15.2 Å². The number of hydrogen-bond donors (Lipinski definition) is 2. The molecule has 2 aliphatic heterocycles. The summed E-state index contributed by atoms with van der Waals surface area (Å²) in [6, 6.07) is 12.2. The number of halogens is 2. The highest BCUT2D eigenvalue weighted by Crippen LogP contribution is 2.46. The molecule has 1 atom stereocenters. The predicted molar refractivity (Wildman–Crippen MR) is 129 cm³/mol. The van der Waals surface area contributed by atoms with Crippen molar-refractivity contribution in [1.29, 1.82) is 0 Å². The summed E-state index contributed by atoms with van der Waals surface area (Å²) in [6.07, 6.45) is 2.97. The number of benzene rings is 2. The van der Waals surface area contributed by atoms with Gasteiger partial charge in [0.1, 0.15) is 11.4 Å². The van der Waals surface area contributed by atoms with Crippen LogP contribution in [-0.4, -0.2) is 47.6 Å². The molecule has 1 fully saturated rings. The third-order valence-corrected chi connectivity index (χ3v) is 6.60. The number of nitrogens with one attached hydrogen (secondary N) is 1. The number of carbonyl (C=O) groups is 2. The van der Waals surface area contributed by atoms with Crippen molar-refractivity contribution in [2.75, 3.05) is 19.6 Å². The van der Waals surface area contributed by atoms with E-state index in [0.29, 0.717) is 25.4 Å². The van der Waals surface area contributed by atoms with E-state index in [1.165, 1.54) is 12.1 Å². The molecule has 0 aromatic heterocycles. The van der Waals surface area contributed by atoms with Crippen LogP contribution >= 0.6 is 0 Å². The molecule has 0 radical (unpaired) electrons. The SMILES string of the molecule is CC(C)CNC(=O)CC1CC2(CCN(Cc3ccc(F)c(F)c3)CC2)Oc2ccccc21.O=CO. The predicted octanol–water partition coefficient (Wildman–Crippen LogP) is 4.73. The smallest absolute Gasteiger partial charge is 0.290 e. The summed E-state index contributed by atoms with van der Waals surface area (Å²) >= 11 is 0. The van der Waals surface area contributed by atoms with E-state index in [4.69, 9.17) is 14.6 Å². The number of carbonyl (C=O) groups excluding carboxylic acids is 1. The number of carboxylic acid groups (broad SMARTS) is 1. The lowest BCUT2D eigenvalue weighted by Gasteiger charge is -2.47. The number of nitrogens with zero attached hydrogens (tertiary/aromatic N) is 1. The van der Waals surface area contributed by atoms with Gasteiger partial charge in [-0.2, -0.15) is 0 Å². The Hall–Kier alpha value is -3.00. The number of likely N-dealkylation sites (tertiary alicyclic amines) is 1. The highest BCUT2D eigenvalue weighted by atomic mass is 19.2. The monoisotopic (exact) mass is 488 g/mol. The summed E-state index contributed by atoms with van der Waals surface area (Å²) in [6.45, 7) is 6.83. The molecule has 2 aromatic carbocycles. The van der Waals surface area contributed by atoms with E-state index >= 15 is 0 Å². The standard InChI is InChI=1S/C26H32F2N2O2.CH2O2/c1-18(2)16-29-25(31)14-20-15-26(32-24-6-4-3-5-21(20)24)9-11-30(12-10-26)17-19-7-8-22(27)23(28)13-19;2-1-3/h3-8,13,18,20H,9-12,14-17H2,1-2H3,(H,29,31);1H,(H,2,3). The molecule has 2 heterocycles.